The number of aryl methyl sites for hydroxylation is 1. The highest BCUT2D eigenvalue weighted by molar-refractivity contribution is 5.70. The normalized spacial score (nSPS) is 11.0. The van der Waals surface area contributed by atoms with Crippen molar-refractivity contribution in [3.05, 3.63) is 54.2 Å². The van der Waals surface area contributed by atoms with E-state index >= 15 is 0 Å². The third kappa shape index (κ3) is 4.78. The summed E-state index contributed by atoms with van der Waals surface area (Å²) in [4.78, 5) is 8.28. The van der Waals surface area contributed by atoms with E-state index in [-0.39, 0.29) is 5.88 Å². The van der Waals surface area contributed by atoms with Crippen molar-refractivity contribution in [1.82, 2.24) is 19.7 Å². The topological polar surface area (TPSA) is 62.1 Å². The highest BCUT2D eigenvalue weighted by atomic mass is 19.3. The van der Waals surface area contributed by atoms with Crippen LogP contribution in [-0.2, 0) is 13.0 Å². The number of pyridine rings is 1. The van der Waals surface area contributed by atoms with Gasteiger partial charge in [0.1, 0.15) is 17.9 Å². The maximum atomic E-state index is 12.8. The second kappa shape index (κ2) is 8.57. The molecule has 0 N–H and O–H groups in total. The molecule has 0 amide bonds. The number of ether oxygens (including phenoxy) is 2. The molecule has 0 aliphatic heterocycles. The van der Waals surface area contributed by atoms with Crippen LogP contribution in [0, 0.1) is 0 Å². The summed E-state index contributed by atoms with van der Waals surface area (Å²) in [5.74, 6) is 1.26. The second-order valence-electron chi connectivity index (χ2n) is 5.75. The molecule has 8 heteroatoms. The van der Waals surface area contributed by atoms with Crippen molar-refractivity contribution in [1.29, 1.82) is 0 Å². The van der Waals surface area contributed by atoms with Crippen LogP contribution >= 0.6 is 0 Å². The smallest absolute Gasteiger partial charge is 0.388 e. The van der Waals surface area contributed by atoms with E-state index in [4.69, 9.17) is 4.74 Å². The Balaban J connectivity index is 1.96. The van der Waals surface area contributed by atoms with E-state index in [0.29, 0.717) is 30.0 Å². The number of nitrogens with zero attached hydrogens (tertiary/aromatic N) is 4. The first-order chi connectivity index (χ1) is 13.1. The molecule has 0 saturated carbocycles. The fourth-order valence-electron chi connectivity index (χ4n) is 2.65. The first-order valence-corrected chi connectivity index (χ1v) is 8.64. The molecule has 6 nitrogen and oxygen atoms in total. The molecule has 0 unspecified atom stereocenters. The fraction of sp³-hybridized carbons (Fsp3) is 0.316. The van der Waals surface area contributed by atoms with Crippen LogP contribution in [0.1, 0.15) is 25.2 Å². The molecule has 0 bridgehead atoms. The number of alkyl halides is 2. The van der Waals surface area contributed by atoms with Crippen LogP contribution in [0.25, 0.3) is 11.1 Å². The molecule has 0 spiro atoms. The molecular formula is C19H20F2N4O2. The van der Waals surface area contributed by atoms with Crippen molar-refractivity contribution in [3.8, 4) is 22.8 Å². The van der Waals surface area contributed by atoms with Gasteiger partial charge in [-0.05, 0) is 36.2 Å². The molecule has 0 fully saturated rings. The van der Waals surface area contributed by atoms with Gasteiger partial charge in [0, 0.05) is 18.2 Å². The van der Waals surface area contributed by atoms with Crippen LogP contribution < -0.4 is 9.47 Å². The molecule has 27 heavy (non-hydrogen) atoms. The third-order valence-corrected chi connectivity index (χ3v) is 3.81. The largest absolute Gasteiger partial charge is 0.494 e. The van der Waals surface area contributed by atoms with Gasteiger partial charge in [0.15, 0.2) is 0 Å². The van der Waals surface area contributed by atoms with Crippen LogP contribution in [0.5, 0.6) is 11.6 Å². The molecule has 0 atom stereocenters. The van der Waals surface area contributed by atoms with E-state index in [1.54, 1.807) is 41.3 Å². The van der Waals surface area contributed by atoms with E-state index in [2.05, 4.69) is 19.8 Å². The van der Waals surface area contributed by atoms with Crippen molar-refractivity contribution in [2.75, 3.05) is 6.61 Å². The lowest BCUT2D eigenvalue weighted by Crippen LogP contribution is -2.07. The van der Waals surface area contributed by atoms with E-state index in [0.717, 1.165) is 17.8 Å². The summed E-state index contributed by atoms with van der Waals surface area (Å²) < 4.78 is 37.4. The number of hydrogen-bond donors (Lipinski definition) is 0. The molecule has 0 saturated heterocycles. The summed E-state index contributed by atoms with van der Waals surface area (Å²) in [6.07, 6.45) is 3.88. The average molecular weight is 374 g/mol. The van der Waals surface area contributed by atoms with Gasteiger partial charge < -0.3 is 9.47 Å². The maximum absolute atomic E-state index is 12.8. The number of aromatic nitrogens is 4. The molecule has 3 aromatic rings. The van der Waals surface area contributed by atoms with Crippen LogP contribution in [0.4, 0.5) is 8.78 Å². The summed E-state index contributed by atoms with van der Waals surface area (Å²) in [6.45, 7) is 1.82. The lowest BCUT2D eigenvalue weighted by Gasteiger charge is -2.13. The summed E-state index contributed by atoms with van der Waals surface area (Å²) in [5, 5.41) is 4.34. The van der Waals surface area contributed by atoms with Crippen molar-refractivity contribution in [3.63, 3.8) is 0 Å². The molecule has 2 heterocycles. The van der Waals surface area contributed by atoms with Crippen molar-refractivity contribution < 1.29 is 18.3 Å². The maximum Gasteiger partial charge on any atom is 0.388 e. The Morgan fingerprint density at radius 1 is 1.15 bits per heavy atom. The Hall–Kier alpha value is -3.03. The lowest BCUT2D eigenvalue weighted by molar-refractivity contribution is -0.0524. The predicted octanol–water partition coefficient (Wildman–Crippen LogP) is 3.95. The Morgan fingerprint density at radius 2 is 2.00 bits per heavy atom. The third-order valence-electron chi connectivity index (χ3n) is 3.81. The van der Waals surface area contributed by atoms with Gasteiger partial charge in [-0.2, -0.15) is 13.9 Å². The molecule has 1 aromatic carbocycles. The molecule has 142 valence electrons. The van der Waals surface area contributed by atoms with Gasteiger partial charge in [-0.25, -0.2) is 14.6 Å². The van der Waals surface area contributed by atoms with E-state index < -0.39 is 6.61 Å². The van der Waals surface area contributed by atoms with E-state index in [9.17, 15) is 8.78 Å². The van der Waals surface area contributed by atoms with Crippen LogP contribution in [-0.4, -0.2) is 33.0 Å². The van der Waals surface area contributed by atoms with Crippen LogP contribution in [0.2, 0.25) is 0 Å². The van der Waals surface area contributed by atoms with Crippen molar-refractivity contribution in [2.24, 2.45) is 0 Å². The molecule has 2 aromatic heterocycles. The summed E-state index contributed by atoms with van der Waals surface area (Å²) in [6, 6.07) is 8.94. The Morgan fingerprint density at radius 3 is 2.70 bits per heavy atom. The summed E-state index contributed by atoms with van der Waals surface area (Å²) in [5.41, 5.74) is 1.94. The summed E-state index contributed by atoms with van der Waals surface area (Å²) in [7, 11) is 0. The van der Waals surface area contributed by atoms with E-state index in [1.807, 2.05) is 13.8 Å². The van der Waals surface area contributed by atoms with Crippen molar-refractivity contribution in [2.45, 2.75) is 33.4 Å². The first-order valence-electron chi connectivity index (χ1n) is 8.64. The number of benzene rings is 1. The second-order valence-corrected chi connectivity index (χ2v) is 5.75. The van der Waals surface area contributed by atoms with Gasteiger partial charge in [-0.1, -0.05) is 19.1 Å². The average Bonchev–Trinajstić information content (AvgIpc) is 3.11. The number of rotatable bonds is 8. The SMILES string of the molecule is CCOc1cccc(-c2cc(Cn3cnc(CC)n3)cnc2OC(F)F)c1. The van der Waals surface area contributed by atoms with Gasteiger partial charge in [-0.3, -0.25) is 0 Å². The zero-order valence-corrected chi connectivity index (χ0v) is 15.1. The standard InChI is InChI=1S/C19H20F2N4O2/c1-3-17-23-12-25(24-17)11-13-8-16(18(22-10-13)27-19(20)21)14-6-5-7-15(9-14)26-4-2/h5-10,12,19H,3-4,11H2,1-2H3. The summed E-state index contributed by atoms with van der Waals surface area (Å²) >= 11 is 0. The highest BCUT2D eigenvalue weighted by Crippen LogP contribution is 2.32. The monoisotopic (exact) mass is 374 g/mol. The highest BCUT2D eigenvalue weighted by Gasteiger charge is 2.15. The minimum atomic E-state index is -2.96. The minimum Gasteiger partial charge on any atom is -0.494 e. The fourth-order valence-corrected chi connectivity index (χ4v) is 2.65. The van der Waals surface area contributed by atoms with Gasteiger partial charge in [0.25, 0.3) is 0 Å². The molecule has 0 aliphatic carbocycles. The van der Waals surface area contributed by atoms with Crippen LogP contribution in [0.3, 0.4) is 0 Å². The van der Waals surface area contributed by atoms with Gasteiger partial charge >= 0.3 is 6.61 Å². The van der Waals surface area contributed by atoms with Crippen LogP contribution in [0.15, 0.2) is 42.9 Å². The molecule has 0 radical (unpaired) electrons. The van der Waals surface area contributed by atoms with Gasteiger partial charge in [-0.15, -0.1) is 0 Å². The first kappa shape index (κ1) is 18.8. The predicted molar refractivity (Wildman–Crippen MR) is 96.0 cm³/mol. The Bertz CT molecular complexity index is 899. The van der Waals surface area contributed by atoms with Gasteiger partial charge in [0.05, 0.1) is 13.2 Å². The lowest BCUT2D eigenvalue weighted by atomic mass is 10.0. The van der Waals surface area contributed by atoms with E-state index in [1.165, 1.54) is 6.20 Å². The number of halogens is 2. The zero-order valence-electron chi connectivity index (χ0n) is 15.1. The molecule has 0 aliphatic rings. The van der Waals surface area contributed by atoms with Crippen molar-refractivity contribution >= 4 is 0 Å². The minimum absolute atomic E-state index is 0.129. The zero-order chi connectivity index (χ0) is 19.2. The number of hydrogen-bond acceptors (Lipinski definition) is 5. The molecular weight excluding hydrogens is 354 g/mol. The Kier molecular flexibility index (Phi) is 5.95. The molecule has 3 rings (SSSR count). The quantitative estimate of drug-likeness (QED) is 0.597. The Labute approximate surface area is 155 Å². The van der Waals surface area contributed by atoms with Gasteiger partial charge in [0.2, 0.25) is 5.88 Å².